The number of pyridine rings is 1. The standard InChI is InChI=1S/C14H18FN5O.2ClH/c1-9-13(10(2)20(19-9)7-5-16)14(21)18-8-12-11(15)4-3-6-17-12;;/h3-4,6H,5,7-8,16H2,1-2H3,(H,18,21);2*1H. The fourth-order valence-corrected chi connectivity index (χ4v) is 2.17. The molecule has 0 aromatic carbocycles. The molecule has 0 atom stereocenters. The molecular weight excluding hydrogens is 344 g/mol. The van der Waals surface area contributed by atoms with Crippen LogP contribution in [0.2, 0.25) is 0 Å². The molecule has 9 heteroatoms. The number of nitrogens with one attached hydrogen (secondary N) is 1. The Labute approximate surface area is 146 Å². The Balaban J connectivity index is 0.00000242. The third kappa shape index (κ3) is 4.89. The van der Waals surface area contributed by atoms with Crippen LogP contribution in [-0.2, 0) is 13.1 Å². The number of hydrogen-bond acceptors (Lipinski definition) is 4. The summed E-state index contributed by atoms with van der Waals surface area (Å²) in [7, 11) is 0. The van der Waals surface area contributed by atoms with Crippen molar-refractivity contribution in [1.29, 1.82) is 0 Å². The minimum Gasteiger partial charge on any atom is -0.346 e. The normalized spacial score (nSPS) is 9.74. The summed E-state index contributed by atoms with van der Waals surface area (Å²) in [5, 5.41) is 6.95. The van der Waals surface area contributed by atoms with Crippen LogP contribution in [0.4, 0.5) is 4.39 Å². The largest absolute Gasteiger partial charge is 0.346 e. The highest BCUT2D eigenvalue weighted by atomic mass is 35.5. The molecule has 0 radical (unpaired) electrons. The predicted molar refractivity (Wildman–Crippen MR) is 90.6 cm³/mol. The molecule has 2 rings (SSSR count). The summed E-state index contributed by atoms with van der Waals surface area (Å²) in [6.45, 7) is 4.60. The van der Waals surface area contributed by atoms with Gasteiger partial charge in [-0.05, 0) is 26.0 Å². The number of aryl methyl sites for hydroxylation is 1. The summed E-state index contributed by atoms with van der Waals surface area (Å²) in [6.07, 6.45) is 1.49. The zero-order valence-corrected chi connectivity index (χ0v) is 14.5. The van der Waals surface area contributed by atoms with E-state index in [-0.39, 0.29) is 43.0 Å². The summed E-state index contributed by atoms with van der Waals surface area (Å²) < 4.78 is 15.2. The molecule has 2 aromatic heterocycles. The van der Waals surface area contributed by atoms with Crippen LogP contribution in [0.15, 0.2) is 18.3 Å². The summed E-state index contributed by atoms with van der Waals surface area (Å²) >= 11 is 0. The lowest BCUT2D eigenvalue weighted by Crippen LogP contribution is -2.25. The van der Waals surface area contributed by atoms with Crippen molar-refractivity contribution < 1.29 is 9.18 Å². The van der Waals surface area contributed by atoms with Crippen molar-refractivity contribution in [2.24, 2.45) is 5.73 Å². The van der Waals surface area contributed by atoms with Gasteiger partial charge in [-0.25, -0.2) is 4.39 Å². The van der Waals surface area contributed by atoms with Crippen LogP contribution >= 0.6 is 24.8 Å². The molecular formula is C14H20Cl2FN5O. The van der Waals surface area contributed by atoms with E-state index in [1.165, 1.54) is 18.3 Å². The lowest BCUT2D eigenvalue weighted by atomic mass is 10.2. The minimum atomic E-state index is -0.440. The van der Waals surface area contributed by atoms with Gasteiger partial charge in [0.1, 0.15) is 5.82 Å². The maximum Gasteiger partial charge on any atom is 0.255 e. The first kappa shape index (κ1) is 21.3. The first-order valence-electron chi connectivity index (χ1n) is 6.66. The zero-order valence-electron chi connectivity index (χ0n) is 12.9. The lowest BCUT2D eigenvalue weighted by Gasteiger charge is -2.06. The highest BCUT2D eigenvalue weighted by Crippen LogP contribution is 2.13. The van der Waals surface area contributed by atoms with Crippen LogP contribution in [0.5, 0.6) is 0 Å². The molecule has 2 heterocycles. The number of hydrogen-bond donors (Lipinski definition) is 2. The second-order valence-electron chi connectivity index (χ2n) is 4.67. The van der Waals surface area contributed by atoms with Crippen LogP contribution in [-0.4, -0.2) is 27.2 Å². The van der Waals surface area contributed by atoms with Crippen LogP contribution in [0.3, 0.4) is 0 Å². The molecule has 0 aliphatic carbocycles. The summed E-state index contributed by atoms with van der Waals surface area (Å²) in [6, 6.07) is 2.82. The Kier molecular flexibility index (Phi) is 8.74. The van der Waals surface area contributed by atoms with E-state index < -0.39 is 5.82 Å². The van der Waals surface area contributed by atoms with E-state index in [0.29, 0.717) is 24.3 Å². The Hall–Kier alpha value is -1.70. The van der Waals surface area contributed by atoms with E-state index in [0.717, 1.165) is 5.69 Å². The second kappa shape index (κ2) is 9.44. The Morgan fingerprint density at radius 2 is 2.09 bits per heavy atom. The Morgan fingerprint density at radius 1 is 1.39 bits per heavy atom. The highest BCUT2D eigenvalue weighted by molar-refractivity contribution is 5.96. The smallest absolute Gasteiger partial charge is 0.255 e. The highest BCUT2D eigenvalue weighted by Gasteiger charge is 2.18. The van der Waals surface area contributed by atoms with Crippen LogP contribution in [0.25, 0.3) is 0 Å². The van der Waals surface area contributed by atoms with Gasteiger partial charge in [-0.2, -0.15) is 5.10 Å². The quantitative estimate of drug-likeness (QED) is 0.847. The van der Waals surface area contributed by atoms with Gasteiger partial charge in [0, 0.05) is 18.4 Å². The summed E-state index contributed by atoms with van der Waals surface area (Å²) in [5.74, 6) is -0.733. The van der Waals surface area contributed by atoms with Gasteiger partial charge < -0.3 is 11.1 Å². The second-order valence-corrected chi connectivity index (χ2v) is 4.67. The number of carbonyl (C=O) groups excluding carboxylic acids is 1. The van der Waals surface area contributed by atoms with E-state index in [2.05, 4.69) is 15.4 Å². The average Bonchev–Trinajstić information content (AvgIpc) is 2.73. The van der Waals surface area contributed by atoms with Gasteiger partial charge in [-0.15, -0.1) is 24.8 Å². The summed E-state index contributed by atoms with van der Waals surface area (Å²) in [5.41, 5.74) is 7.58. The number of carbonyl (C=O) groups is 1. The molecule has 3 N–H and O–H groups in total. The monoisotopic (exact) mass is 363 g/mol. The van der Waals surface area contributed by atoms with E-state index in [1.54, 1.807) is 11.6 Å². The van der Waals surface area contributed by atoms with Crippen molar-refractivity contribution in [2.45, 2.75) is 26.9 Å². The van der Waals surface area contributed by atoms with Crippen LogP contribution < -0.4 is 11.1 Å². The molecule has 2 aromatic rings. The first-order chi connectivity index (χ1) is 10.0. The third-order valence-corrected chi connectivity index (χ3v) is 3.20. The minimum absolute atomic E-state index is 0. The van der Waals surface area contributed by atoms with Gasteiger partial charge in [-0.1, -0.05) is 0 Å². The van der Waals surface area contributed by atoms with Crippen molar-refractivity contribution in [3.63, 3.8) is 0 Å². The van der Waals surface area contributed by atoms with Crippen LogP contribution in [0.1, 0.15) is 27.4 Å². The van der Waals surface area contributed by atoms with Crippen molar-refractivity contribution in [1.82, 2.24) is 20.1 Å². The number of nitrogens with two attached hydrogens (primary N) is 1. The van der Waals surface area contributed by atoms with E-state index in [9.17, 15) is 9.18 Å². The van der Waals surface area contributed by atoms with E-state index in [1.807, 2.05) is 6.92 Å². The van der Waals surface area contributed by atoms with Crippen molar-refractivity contribution in [3.05, 3.63) is 46.8 Å². The third-order valence-electron chi connectivity index (χ3n) is 3.20. The molecule has 1 amide bonds. The Bertz CT molecular complexity index is 663. The van der Waals surface area contributed by atoms with E-state index in [4.69, 9.17) is 5.73 Å². The maximum atomic E-state index is 13.5. The van der Waals surface area contributed by atoms with Gasteiger partial charge in [0.2, 0.25) is 0 Å². The van der Waals surface area contributed by atoms with Crippen LogP contribution in [0, 0.1) is 19.7 Å². The molecule has 0 fully saturated rings. The predicted octanol–water partition coefficient (Wildman–Crippen LogP) is 1.77. The zero-order chi connectivity index (χ0) is 15.4. The molecule has 0 saturated heterocycles. The number of aromatic nitrogens is 3. The maximum absolute atomic E-state index is 13.5. The molecule has 128 valence electrons. The van der Waals surface area contributed by atoms with Gasteiger partial charge in [0.05, 0.1) is 30.0 Å². The fourth-order valence-electron chi connectivity index (χ4n) is 2.17. The first-order valence-corrected chi connectivity index (χ1v) is 6.66. The number of amides is 1. The van der Waals surface area contributed by atoms with Crippen molar-refractivity contribution in [2.75, 3.05) is 6.54 Å². The topological polar surface area (TPSA) is 85.8 Å². The Morgan fingerprint density at radius 3 is 2.70 bits per heavy atom. The fraction of sp³-hybridized carbons (Fsp3) is 0.357. The average molecular weight is 364 g/mol. The molecule has 23 heavy (non-hydrogen) atoms. The number of halogens is 3. The van der Waals surface area contributed by atoms with Crippen molar-refractivity contribution in [3.8, 4) is 0 Å². The summed E-state index contributed by atoms with van der Waals surface area (Å²) in [4.78, 5) is 16.1. The molecule has 0 aliphatic heterocycles. The lowest BCUT2D eigenvalue weighted by molar-refractivity contribution is 0.0948. The molecule has 0 aliphatic rings. The van der Waals surface area contributed by atoms with Gasteiger partial charge in [0.15, 0.2) is 0 Å². The molecule has 6 nitrogen and oxygen atoms in total. The molecule has 0 bridgehead atoms. The van der Waals surface area contributed by atoms with Gasteiger partial charge in [0.25, 0.3) is 5.91 Å². The number of nitrogens with zero attached hydrogens (tertiary/aromatic N) is 3. The molecule has 0 spiro atoms. The molecule has 0 saturated carbocycles. The number of rotatable bonds is 5. The van der Waals surface area contributed by atoms with Gasteiger partial charge in [-0.3, -0.25) is 14.5 Å². The van der Waals surface area contributed by atoms with Gasteiger partial charge >= 0.3 is 0 Å². The van der Waals surface area contributed by atoms with E-state index >= 15 is 0 Å². The SMILES string of the molecule is Cc1nn(CCN)c(C)c1C(=O)NCc1ncccc1F.Cl.Cl. The van der Waals surface area contributed by atoms with Crippen molar-refractivity contribution >= 4 is 30.7 Å². The molecule has 0 unspecified atom stereocenters.